The fourth-order valence-electron chi connectivity index (χ4n) is 1.24. The lowest BCUT2D eigenvalue weighted by molar-refractivity contribution is 0.477. The highest BCUT2D eigenvalue weighted by Gasteiger charge is 2.13. The first-order chi connectivity index (χ1) is 8.95. The predicted molar refractivity (Wildman–Crippen MR) is 72.3 cm³/mol. The van der Waals surface area contributed by atoms with Gasteiger partial charge in [-0.1, -0.05) is 12.0 Å². The van der Waals surface area contributed by atoms with Crippen molar-refractivity contribution in [3.8, 4) is 0 Å². The van der Waals surface area contributed by atoms with E-state index >= 15 is 0 Å². The van der Waals surface area contributed by atoms with Gasteiger partial charge in [0.15, 0.2) is 0 Å². The molecule has 1 aromatic heterocycles. The summed E-state index contributed by atoms with van der Waals surface area (Å²) in [6, 6.07) is 0.238. The number of anilines is 1. The van der Waals surface area contributed by atoms with Crippen LogP contribution in [0.1, 0.15) is 19.2 Å². The van der Waals surface area contributed by atoms with E-state index in [1.165, 1.54) is 18.4 Å². The van der Waals surface area contributed by atoms with Crippen LogP contribution in [0.5, 0.6) is 0 Å². The first-order valence-corrected chi connectivity index (χ1v) is 7.73. The second-order valence-electron chi connectivity index (χ2n) is 4.20. The monoisotopic (exact) mass is 291 g/mol. The molecule has 0 radical (unpaired) electrons. The van der Waals surface area contributed by atoms with E-state index in [1.54, 1.807) is 0 Å². The third kappa shape index (κ3) is 5.53. The van der Waals surface area contributed by atoms with E-state index in [0.717, 1.165) is 13.0 Å². The molecular weight excluding hydrogens is 270 g/mol. The van der Waals surface area contributed by atoms with Crippen molar-refractivity contribution < 1.29 is 12.8 Å². The van der Waals surface area contributed by atoms with E-state index in [-0.39, 0.29) is 18.3 Å². The lowest BCUT2D eigenvalue weighted by atomic mass is 10.5. The Balaban J connectivity index is 2.34. The van der Waals surface area contributed by atoms with Gasteiger partial charge in [0.1, 0.15) is 0 Å². The molecule has 2 N–H and O–H groups in total. The van der Waals surface area contributed by atoms with Crippen LogP contribution in [0, 0.1) is 0 Å². The summed E-state index contributed by atoms with van der Waals surface area (Å²) in [5.74, 6) is 0.456. The van der Waals surface area contributed by atoms with E-state index in [1.807, 2.05) is 0 Å². The summed E-state index contributed by atoms with van der Waals surface area (Å²) in [5, 5.41) is 13.5. The molecule has 19 heavy (non-hydrogen) atoms. The van der Waals surface area contributed by atoms with Crippen LogP contribution in [-0.4, -0.2) is 55.9 Å². The molecule has 1 rings (SSSR count). The Morgan fingerprint density at radius 2 is 2.00 bits per heavy atom. The number of sulfonamides is 1. The van der Waals surface area contributed by atoms with Crippen LogP contribution in [-0.2, 0) is 16.6 Å². The Hall–Kier alpha value is -1.19. The predicted octanol–water partition coefficient (Wildman–Crippen LogP) is -0.127. The molecule has 0 saturated carbocycles. The van der Waals surface area contributed by atoms with Gasteiger partial charge in [0.2, 0.25) is 15.9 Å². The van der Waals surface area contributed by atoms with Crippen molar-refractivity contribution in [2.24, 2.45) is 0 Å². The standard InChI is InChI=1S/C10H21N5O3S/c1-4-5-11-8-9-13-14-10(18-9)12-6-7-19(16,17)15(2)3/h11H,4-8H2,1-3H3,(H,12,14). The summed E-state index contributed by atoms with van der Waals surface area (Å²) in [5.41, 5.74) is 0. The maximum atomic E-state index is 11.5. The molecular formula is C10H21N5O3S. The maximum absolute atomic E-state index is 11.5. The summed E-state index contributed by atoms with van der Waals surface area (Å²) in [7, 11) is -0.211. The van der Waals surface area contributed by atoms with Gasteiger partial charge in [-0.05, 0) is 13.0 Å². The Labute approximate surface area is 113 Å². The minimum atomic E-state index is -3.21. The molecule has 0 aliphatic heterocycles. The summed E-state index contributed by atoms with van der Waals surface area (Å²) >= 11 is 0. The second-order valence-corrected chi connectivity index (χ2v) is 6.51. The van der Waals surface area contributed by atoms with Crippen LogP contribution in [0.4, 0.5) is 6.01 Å². The second kappa shape index (κ2) is 7.41. The average molecular weight is 291 g/mol. The van der Waals surface area contributed by atoms with Crippen molar-refractivity contribution in [2.75, 3.05) is 38.3 Å². The number of aromatic nitrogens is 2. The normalized spacial score (nSPS) is 12.0. The maximum Gasteiger partial charge on any atom is 0.315 e. The highest BCUT2D eigenvalue weighted by atomic mass is 32.2. The average Bonchev–Trinajstić information content (AvgIpc) is 2.77. The van der Waals surface area contributed by atoms with E-state index in [9.17, 15) is 8.42 Å². The molecule has 110 valence electrons. The van der Waals surface area contributed by atoms with Crippen LogP contribution in [0.15, 0.2) is 4.42 Å². The summed E-state index contributed by atoms with van der Waals surface area (Å²) in [6.45, 7) is 3.69. The fraction of sp³-hybridized carbons (Fsp3) is 0.800. The van der Waals surface area contributed by atoms with Crippen LogP contribution in [0.2, 0.25) is 0 Å². The van der Waals surface area contributed by atoms with Gasteiger partial charge < -0.3 is 15.1 Å². The Kier molecular flexibility index (Phi) is 6.19. The van der Waals surface area contributed by atoms with Gasteiger partial charge in [-0.3, -0.25) is 0 Å². The van der Waals surface area contributed by atoms with Crippen LogP contribution < -0.4 is 10.6 Å². The summed E-state index contributed by atoms with van der Waals surface area (Å²) < 4.78 is 29.5. The van der Waals surface area contributed by atoms with E-state index in [4.69, 9.17) is 4.42 Å². The molecule has 0 amide bonds. The molecule has 8 nitrogen and oxygen atoms in total. The lowest BCUT2D eigenvalue weighted by Crippen LogP contribution is -2.28. The van der Waals surface area contributed by atoms with Crippen LogP contribution >= 0.6 is 0 Å². The topological polar surface area (TPSA) is 100 Å². The van der Waals surface area contributed by atoms with Crippen molar-refractivity contribution in [2.45, 2.75) is 19.9 Å². The van der Waals surface area contributed by atoms with Crippen LogP contribution in [0.25, 0.3) is 0 Å². The largest absolute Gasteiger partial charge is 0.407 e. The molecule has 0 aliphatic carbocycles. The van der Waals surface area contributed by atoms with Gasteiger partial charge in [0.25, 0.3) is 0 Å². The Morgan fingerprint density at radius 3 is 2.63 bits per heavy atom. The minimum Gasteiger partial charge on any atom is -0.407 e. The SMILES string of the molecule is CCCNCc1nnc(NCCS(=O)(=O)N(C)C)o1. The fourth-order valence-corrected chi connectivity index (χ4v) is 1.96. The third-order valence-electron chi connectivity index (χ3n) is 2.36. The zero-order chi connectivity index (χ0) is 14.3. The van der Waals surface area contributed by atoms with Crippen molar-refractivity contribution >= 4 is 16.0 Å². The smallest absolute Gasteiger partial charge is 0.315 e. The molecule has 0 bridgehead atoms. The summed E-state index contributed by atoms with van der Waals surface area (Å²) in [4.78, 5) is 0. The molecule has 0 aliphatic rings. The number of hydrogen-bond acceptors (Lipinski definition) is 7. The zero-order valence-electron chi connectivity index (χ0n) is 11.5. The molecule has 9 heteroatoms. The number of hydrogen-bond donors (Lipinski definition) is 2. The van der Waals surface area contributed by atoms with Gasteiger partial charge in [0, 0.05) is 20.6 Å². The Morgan fingerprint density at radius 1 is 1.26 bits per heavy atom. The quantitative estimate of drug-likeness (QED) is 0.611. The molecule has 0 atom stereocenters. The molecule has 0 fully saturated rings. The molecule has 0 unspecified atom stereocenters. The van der Waals surface area contributed by atoms with Gasteiger partial charge in [-0.15, -0.1) is 5.10 Å². The van der Waals surface area contributed by atoms with Crippen LogP contribution in [0.3, 0.4) is 0 Å². The van der Waals surface area contributed by atoms with E-state index in [0.29, 0.717) is 12.4 Å². The van der Waals surface area contributed by atoms with Gasteiger partial charge in [0.05, 0.1) is 12.3 Å². The van der Waals surface area contributed by atoms with Crippen molar-refractivity contribution in [3.63, 3.8) is 0 Å². The zero-order valence-corrected chi connectivity index (χ0v) is 12.3. The first-order valence-electron chi connectivity index (χ1n) is 6.13. The van der Waals surface area contributed by atoms with Crippen molar-refractivity contribution in [1.82, 2.24) is 19.8 Å². The molecule has 0 saturated heterocycles. The Bertz CT molecular complexity index is 471. The van der Waals surface area contributed by atoms with Gasteiger partial charge in [-0.25, -0.2) is 12.7 Å². The molecule has 1 aromatic rings. The lowest BCUT2D eigenvalue weighted by Gasteiger charge is -2.10. The van der Waals surface area contributed by atoms with Gasteiger partial charge >= 0.3 is 6.01 Å². The number of rotatable bonds is 9. The summed E-state index contributed by atoms with van der Waals surface area (Å²) in [6.07, 6.45) is 1.03. The number of nitrogens with zero attached hydrogens (tertiary/aromatic N) is 3. The van der Waals surface area contributed by atoms with Gasteiger partial charge in [-0.2, -0.15) is 0 Å². The van der Waals surface area contributed by atoms with E-state index < -0.39 is 10.0 Å². The third-order valence-corrected chi connectivity index (χ3v) is 4.20. The number of nitrogens with one attached hydrogen (secondary N) is 2. The van der Waals surface area contributed by atoms with Crippen molar-refractivity contribution in [1.29, 1.82) is 0 Å². The highest BCUT2D eigenvalue weighted by molar-refractivity contribution is 7.89. The van der Waals surface area contributed by atoms with E-state index in [2.05, 4.69) is 27.8 Å². The molecule has 0 aromatic carbocycles. The molecule has 1 heterocycles. The highest BCUT2D eigenvalue weighted by Crippen LogP contribution is 2.05. The first kappa shape index (κ1) is 15.9. The molecule has 0 spiro atoms. The van der Waals surface area contributed by atoms with Crippen molar-refractivity contribution in [3.05, 3.63) is 5.89 Å². The minimum absolute atomic E-state index is 0.0220.